The van der Waals surface area contributed by atoms with Crippen LogP contribution in [0.4, 0.5) is 0 Å². The van der Waals surface area contributed by atoms with E-state index in [-0.39, 0.29) is 6.42 Å². The number of carbonyl (C=O) groups excluding carboxylic acids is 1. The summed E-state index contributed by atoms with van der Waals surface area (Å²) in [6, 6.07) is 0. The molecule has 0 aromatic carbocycles. The smallest absolute Gasteiger partial charge is 0.0823 e. The van der Waals surface area contributed by atoms with Gasteiger partial charge in [0.15, 0.2) is 0 Å². The lowest BCUT2D eigenvalue weighted by Gasteiger charge is -2.16. The van der Waals surface area contributed by atoms with Crippen molar-refractivity contribution in [3.8, 4) is 0 Å². The molecule has 6 heteroatoms. The molecule has 0 aromatic rings. The second-order valence-corrected chi connectivity index (χ2v) is 10.2. The fourth-order valence-electron chi connectivity index (χ4n) is 0.974. The van der Waals surface area contributed by atoms with E-state index in [1.165, 1.54) is 24.1 Å². The van der Waals surface area contributed by atoms with Gasteiger partial charge in [-0.2, -0.15) is 11.8 Å². The highest BCUT2D eigenvalue weighted by atomic mass is 32.2. The number of carboxylic acid groups (broad SMARTS) is 1. The summed E-state index contributed by atoms with van der Waals surface area (Å²) in [4.78, 5) is 9.63. The lowest BCUT2D eigenvalue weighted by Crippen LogP contribution is -2.22. The van der Waals surface area contributed by atoms with Crippen molar-refractivity contribution in [3.05, 3.63) is 0 Å². The summed E-state index contributed by atoms with van der Waals surface area (Å²) >= 11 is 1.51. The van der Waals surface area contributed by atoms with E-state index in [4.69, 9.17) is 9.47 Å². The Morgan fingerprint density at radius 2 is 1.61 bits per heavy atom. The van der Waals surface area contributed by atoms with Gasteiger partial charge in [-0.3, -0.25) is 0 Å². The predicted octanol–water partition coefficient (Wildman–Crippen LogP) is 1.05. The van der Waals surface area contributed by atoms with Gasteiger partial charge in [-0.15, -0.1) is 0 Å². The minimum absolute atomic E-state index is 0.168. The van der Waals surface area contributed by atoms with E-state index in [1.54, 1.807) is 14.2 Å². The number of rotatable bonds is 9. The van der Waals surface area contributed by atoms with E-state index in [0.29, 0.717) is 5.75 Å². The monoisotopic (exact) mass is 298 g/mol. The van der Waals surface area contributed by atoms with Crippen LogP contribution in [0.2, 0.25) is 0 Å². The van der Waals surface area contributed by atoms with Gasteiger partial charge < -0.3 is 19.4 Å². The Kier molecular flexibility index (Phi) is 15.5. The maximum atomic E-state index is 9.63. The third-order valence-electron chi connectivity index (χ3n) is 2.31. The zero-order valence-corrected chi connectivity index (χ0v) is 13.9. The molecule has 0 spiro atoms. The van der Waals surface area contributed by atoms with Crippen molar-refractivity contribution >= 4 is 25.0 Å². The minimum atomic E-state index is -0.964. The SMILES string of the molecule is COCC[P+](C)(C)CCOC.CSCCC(=O)[O-]. The Labute approximate surface area is 116 Å². The van der Waals surface area contributed by atoms with Crippen molar-refractivity contribution in [2.75, 3.05) is 65.1 Å². The highest BCUT2D eigenvalue weighted by molar-refractivity contribution is 7.98. The van der Waals surface area contributed by atoms with Gasteiger partial charge in [-0.25, -0.2) is 0 Å². The maximum Gasteiger partial charge on any atom is 0.0823 e. The third kappa shape index (κ3) is 18.5. The van der Waals surface area contributed by atoms with Gasteiger partial charge in [0.25, 0.3) is 0 Å². The number of hydrogen-bond acceptors (Lipinski definition) is 5. The number of hydrogen-bond donors (Lipinski definition) is 0. The molecule has 0 amide bonds. The molecule has 0 aliphatic carbocycles. The topological polar surface area (TPSA) is 58.6 Å². The van der Waals surface area contributed by atoms with E-state index in [9.17, 15) is 9.90 Å². The quantitative estimate of drug-likeness (QED) is 0.595. The Bertz CT molecular complexity index is 191. The molecular formula is C12H27O4PS. The van der Waals surface area contributed by atoms with Crippen LogP contribution < -0.4 is 5.11 Å². The van der Waals surface area contributed by atoms with Crippen molar-refractivity contribution in [1.82, 2.24) is 0 Å². The van der Waals surface area contributed by atoms with Crippen LogP contribution in [0, 0.1) is 0 Å². The maximum absolute atomic E-state index is 9.63. The predicted molar refractivity (Wildman–Crippen MR) is 80.3 cm³/mol. The molecule has 0 saturated heterocycles. The van der Waals surface area contributed by atoms with Gasteiger partial charge >= 0.3 is 0 Å². The van der Waals surface area contributed by atoms with Crippen molar-refractivity contribution in [1.29, 1.82) is 0 Å². The summed E-state index contributed by atoms with van der Waals surface area (Å²) < 4.78 is 10.1. The van der Waals surface area contributed by atoms with Crippen LogP contribution >= 0.6 is 19.0 Å². The summed E-state index contributed by atoms with van der Waals surface area (Å²) in [5.41, 5.74) is 0. The number of methoxy groups -OCH3 is 2. The fourth-order valence-corrected chi connectivity index (χ4v) is 2.92. The molecular weight excluding hydrogens is 271 g/mol. The average Bonchev–Trinajstić information content (AvgIpc) is 2.32. The molecule has 4 nitrogen and oxygen atoms in total. The number of ether oxygens (including phenoxy) is 2. The van der Waals surface area contributed by atoms with Crippen molar-refractivity contribution < 1.29 is 19.4 Å². The van der Waals surface area contributed by atoms with Crippen molar-refractivity contribution in [2.45, 2.75) is 6.42 Å². The summed E-state index contributed by atoms with van der Waals surface area (Å²) in [5, 5.41) is 9.63. The summed E-state index contributed by atoms with van der Waals surface area (Å²) in [7, 11) is 2.79. The molecule has 0 rings (SSSR count). The highest BCUT2D eigenvalue weighted by Crippen LogP contribution is 2.50. The van der Waals surface area contributed by atoms with Gasteiger partial charge in [0.05, 0.1) is 25.5 Å². The lowest BCUT2D eigenvalue weighted by molar-refractivity contribution is -0.305. The van der Waals surface area contributed by atoms with Gasteiger partial charge in [0.2, 0.25) is 0 Å². The number of carbonyl (C=O) groups is 1. The Balaban J connectivity index is 0. The molecule has 0 heterocycles. The van der Waals surface area contributed by atoms with Gasteiger partial charge in [0, 0.05) is 40.8 Å². The molecule has 0 bridgehead atoms. The minimum Gasteiger partial charge on any atom is -0.550 e. The van der Waals surface area contributed by atoms with Crippen LogP contribution in [-0.2, 0) is 14.3 Å². The molecule has 0 N–H and O–H groups in total. The first-order valence-electron chi connectivity index (χ1n) is 5.88. The van der Waals surface area contributed by atoms with E-state index >= 15 is 0 Å². The zero-order valence-electron chi connectivity index (χ0n) is 12.2. The average molecular weight is 298 g/mol. The molecule has 0 aliphatic heterocycles. The van der Waals surface area contributed by atoms with Crippen LogP contribution in [0.3, 0.4) is 0 Å². The molecule has 0 unspecified atom stereocenters. The first-order valence-corrected chi connectivity index (χ1v) is 10.3. The first kappa shape index (κ1) is 20.5. The van der Waals surface area contributed by atoms with Crippen LogP contribution in [0.1, 0.15) is 6.42 Å². The summed E-state index contributed by atoms with van der Waals surface area (Å²) in [6.07, 6.45) is 4.46. The normalized spacial score (nSPS) is 10.7. The van der Waals surface area contributed by atoms with Crippen LogP contribution in [0.15, 0.2) is 0 Å². The van der Waals surface area contributed by atoms with Gasteiger partial charge in [0.1, 0.15) is 0 Å². The lowest BCUT2D eigenvalue weighted by atomic mass is 10.5. The second kappa shape index (κ2) is 13.6. The highest BCUT2D eigenvalue weighted by Gasteiger charge is 2.23. The van der Waals surface area contributed by atoms with Gasteiger partial charge in [-0.1, -0.05) is 0 Å². The number of aliphatic carboxylic acids is 1. The number of thioether (sulfide) groups is 1. The molecule has 0 aliphatic rings. The fraction of sp³-hybridized carbons (Fsp3) is 0.917. The molecule has 0 radical (unpaired) electrons. The van der Waals surface area contributed by atoms with Crippen LogP contribution in [-0.4, -0.2) is 71.1 Å². The molecule has 0 aromatic heterocycles. The van der Waals surface area contributed by atoms with E-state index in [1.807, 2.05) is 6.26 Å². The van der Waals surface area contributed by atoms with Crippen LogP contribution in [0.5, 0.6) is 0 Å². The van der Waals surface area contributed by atoms with E-state index in [0.717, 1.165) is 13.2 Å². The Morgan fingerprint density at radius 3 is 1.83 bits per heavy atom. The summed E-state index contributed by atoms with van der Waals surface area (Å²) in [5.74, 6) is -0.308. The zero-order chi connectivity index (χ0) is 14.4. The second-order valence-electron chi connectivity index (χ2n) is 4.48. The third-order valence-corrected chi connectivity index (χ3v) is 5.71. The largest absolute Gasteiger partial charge is 0.550 e. The van der Waals surface area contributed by atoms with E-state index < -0.39 is 13.2 Å². The molecule has 110 valence electrons. The molecule has 0 atom stereocenters. The number of carboxylic acids is 1. The summed E-state index contributed by atoms with van der Waals surface area (Å²) in [6.45, 7) is 6.49. The van der Waals surface area contributed by atoms with Crippen molar-refractivity contribution in [3.63, 3.8) is 0 Å². The van der Waals surface area contributed by atoms with Crippen LogP contribution in [0.25, 0.3) is 0 Å². The molecule has 18 heavy (non-hydrogen) atoms. The Morgan fingerprint density at radius 1 is 1.17 bits per heavy atom. The molecule has 0 fully saturated rings. The standard InChI is InChI=1S/C8H20O2P.C4H8O2S/c1-9-5-7-11(3,4)8-6-10-2;1-7-3-2-4(5)6/h5-8H2,1-4H3;2-3H2,1H3,(H,5,6)/q+1;/p-1. The molecule has 0 saturated carbocycles. The van der Waals surface area contributed by atoms with E-state index in [2.05, 4.69) is 13.3 Å². The van der Waals surface area contributed by atoms with Crippen molar-refractivity contribution in [2.24, 2.45) is 0 Å². The Hall–Kier alpha value is 0.170. The first-order chi connectivity index (χ1) is 8.39. The van der Waals surface area contributed by atoms with Gasteiger partial charge in [-0.05, 0) is 18.4 Å².